The lowest BCUT2D eigenvalue weighted by Crippen LogP contribution is -2.30. The average Bonchev–Trinajstić information content (AvgIpc) is 2.86. The molecule has 2 aromatic heterocycles. The molecule has 0 aliphatic heterocycles. The van der Waals surface area contributed by atoms with Gasteiger partial charge in [-0.05, 0) is 19.9 Å². The van der Waals surface area contributed by atoms with E-state index < -0.39 is 0 Å². The molecule has 3 N–H and O–H groups in total. The number of hydrogen-bond acceptors (Lipinski definition) is 5. The van der Waals surface area contributed by atoms with Crippen molar-refractivity contribution in [1.82, 2.24) is 25.2 Å². The van der Waals surface area contributed by atoms with Crippen LogP contribution in [0.25, 0.3) is 0 Å². The molecule has 6 nitrogen and oxygen atoms in total. The van der Waals surface area contributed by atoms with Gasteiger partial charge in [0.15, 0.2) is 0 Å². The summed E-state index contributed by atoms with van der Waals surface area (Å²) in [5.41, 5.74) is 4.56. The van der Waals surface area contributed by atoms with Gasteiger partial charge < -0.3 is 0 Å². The van der Waals surface area contributed by atoms with Crippen molar-refractivity contribution in [2.45, 2.75) is 32.4 Å². The van der Waals surface area contributed by atoms with Gasteiger partial charge in [-0.3, -0.25) is 25.9 Å². The Morgan fingerprint density at radius 1 is 1.39 bits per heavy atom. The van der Waals surface area contributed by atoms with E-state index in [4.69, 9.17) is 5.84 Å². The molecule has 1 unspecified atom stereocenters. The zero-order valence-electron chi connectivity index (χ0n) is 10.6. The van der Waals surface area contributed by atoms with E-state index in [1.54, 1.807) is 18.6 Å². The summed E-state index contributed by atoms with van der Waals surface area (Å²) in [6, 6.07) is 2.29. The Kier molecular flexibility index (Phi) is 4.01. The summed E-state index contributed by atoms with van der Waals surface area (Å²) in [6.07, 6.45) is 7.68. The topological polar surface area (TPSA) is 81.7 Å². The molecule has 0 radical (unpaired) electrons. The largest absolute Gasteiger partial charge is 0.271 e. The van der Waals surface area contributed by atoms with Gasteiger partial charge in [-0.1, -0.05) is 0 Å². The van der Waals surface area contributed by atoms with E-state index >= 15 is 0 Å². The summed E-state index contributed by atoms with van der Waals surface area (Å²) in [5.74, 6) is 5.57. The molecule has 0 saturated heterocycles. The van der Waals surface area contributed by atoms with Gasteiger partial charge in [0.1, 0.15) is 0 Å². The van der Waals surface area contributed by atoms with E-state index in [1.165, 1.54) is 0 Å². The third-order valence-corrected chi connectivity index (χ3v) is 2.75. The lowest BCUT2D eigenvalue weighted by molar-refractivity contribution is 0.501. The van der Waals surface area contributed by atoms with E-state index in [1.807, 2.05) is 16.9 Å². The molecule has 18 heavy (non-hydrogen) atoms. The van der Waals surface area contributed by atoms with Crippen LogP contribution in [0.3, 0.4) is 0 Å². The summed E-state index contributed by atoms with van der Waals surface area (Å²) in [4.78, 5) is 8.29. The molecule has 0 aromatic carbocycles. The van der Waals surface area contributed by atoms with Gasteiger partial charge in [0.05, 0.1) is 23.6 Å². The molecule has 0 aliphatic carbocycles. The lowest BCUT2D eigenvalue weighted by Gasteiger charge is -2.13. The van der Waals surface area contributed by atoms with Crippen LogP contribution in [0.15, 0.2) is 30.9 Å². The Morgan fingerprint density at radius 3 is 2.78 bits per heavy atom. The molecule has 0 amide bonds. The molecule has 0 aliphatic rings. The standard InChI is InChI=1S/C12H18N6/c1-9(2)18-6-3-10(17-18)7-11(16-13)12-8-14-4-5-15-12/h3-6,8-9,11,16H,7,13H2,1-2H3. The number of nitrogens with two attached hydrogens (primary N) is 1. The Labute approximate surface area is 106 Å². The number of hydrazine groups is 1. The van der Waals surface area contributed by atoms with Crippen LogP contribution in [0, 0.1) is 0 Å². The first kappa shape index (κ1) is 12.7. The maximum Gasteiger partial charge on any atom is 0.0773 e. The zero-order chi connectivity index (χ0) is 13.0. The first-order valence-corrected chi connectivity index (χ1v) is 5.96. The second-order valence-electron chi connectivity index (χ2n) is 4.43. The fraction of sp³-hybridized carbons (Fsp3) is 0.417. The third kappa shape index (κ3) is 2.91. The van der Waals surface area contributed by atoms with Crippen LogP contribution in [0.5, 0.6) is 0 Å². The first-order valence-electron chi connectivity index (χ1n) is 5.96. The highest BCUT2D eigenvalue weighted by Crippen LogP contribution is 2.14. The molecular formula is C12H18N6. The number of nitrogens with zero attached hydrogens (tertiary/aromatic N) is 4. The van der Waals surface area contributed by atoms with Crippen LogP contribution in [-0.4, -0.2) is 19.7 Å². The van der Waals surface area contributed by atoms with Crippen molar-refractivity contribution >= 4 is 0 Å². The Bertz CT molecular complexity index is 478. The maximum absolute atomic E-state index is 5.57. The monoisotopic (exact) mass is 246 g/mol. The van der Waals surface area contributed by atoms with Crippen LogP contribution in [0.4, 0.5) is 0 Å². The quantitative estimate of drug-likeness (QED) is 0.607. The highest BCUT2D eigenvalue weighted by Gasteiger charge is 2.14. The van der Waals surface area contributed by atoms with E-state index in [-0.39, 0.29) is 6.04 Å². The van der Waals surface area contributed by atoms with Gasteiger partial charge in [0.25, 0.3) is 0 Å². The van der Waals surface area contributed by atoms with Crippen LogP contribution in [0.1, 0.15) is 37.3 Å². The van der Waals surface area contributed by atoms with Crippen molar-refractivity contribution < 1.29 is 0 Å². The molecule has 2 aromatic rings. The predicted octanol–water partition coefficient (Wildman–Crippen LogP) is 1.00. The highest BCUT2D eigenvalue weighted by molar-refractivity contribution is 5.09. The van der Waals surface area contributed by atoms with E-state index in [0.717, 1.165) is 11.4 Å². The van der Waals surface area contributed by atoms with Gasteiger partial charge in [-0.2, -0.15) is 5.10 Å². The number of rotatable bonds is 5. The van der Waals surface area contributed by atoms with Crippen LogP contribution < -0.4 is 11.3 Å². The molecular weight excluding hydrogens is 228 g/mol. The number of nitrogens with one attached hydrogen (secondary N) is 1. The molecule has 0 spiro atoms. The first-order chi connectivity index (χ1) is 8.70. The molecule has 0 fully saturated rings. The zero-order valence-corrected chi connectivity index (χ0v) is 10.6. The fourth-order valence-corrected chi connectivity index (χ4v) is 1.72. The minimum atomic E-state index is -0.0748. The molecule has 2 heterocycles. The van der Waals surface area contributed by atoms with Gasteiger partial charge in [-0.15, -0.1) is 0 Å². The van der Waals surface area contributed by atoms with Gasteiger partial charge in [-0.25, -0.2) is 0 Å². The second kappa shape index (κ2) is 5.70. The van der Waals surface area contributed by atoms with Gasteiger partial charge >= 0.3 is 0 Å². The molecule has 0 saturated carbocycles. The normalized spacial score (nSPS) is 12.9. The van der Waals surface area contributed by atoms with E-state index in [2.05, 4.69) is 34.3 Å². The predicted molar refractivity (Wildman–Crippen MR) is 68.4 cm³/mol. The minimum Gasteiger partial charge on any atom is -0.271 e. The lowest BCUT2D eigenvalue weighted by atomic mass is 10.1. The minimum absolute atomic E-state index is 0.0748. The number of hydrogen-bond donors (Lipinski definition) is 2. The highest BCUT2D eigenvalue weighted by atomic mass is 15.3. The summed E-state index contributed by atoms with van der Waals surface area (Å²) < 4.78 is 1.93. The molecule has 2 rings (SSSR count). The van der Waals surface area contributed by atoms with Crippen molar-refractivity contribution in [1.29, 1.82) is 0 Å². The summed E-state index contributed by atoms with van der Waals surface area (Å²) in [6.45, 7) is 4.19. The molecule has 6 heteroatoms. The van der Waals surface area contributed by atoms with Crippen molar-refractivity contribution in [2.24, 2.45) is 5.84 Å². The van der Waals surface area contributed by atoms with E-state index in [9.17, 15) is 0 Å². The SMILES string of the molecule is CC(C)n1ccc(CC(NN)c2cnccn2)n1. The Morgan fingerprint density at radius 2 is 2.22 bits per heavy atom. The van der Waals surface area contributed by atoms with Crippen molar-refractivity contribution in [3.63, 3.8) is 0 Å². The maximum atomic E-state index is 5.57. The molecule has 1 atom stereocenters. The molecule has 96 valence electrons. The fourth-order valence-electron chi connectivity index (χ4n) is 1.72. The Balaban J connectivity index is 2.10. The third-order valence-electron chi connectivity index (χ3n) is 2.75. The van der Waals surface area contributed by atoms with Crippen molar-refractivity contribution in [3.8, 4) is 0 Å². The van der Waals surface area contributed by atoms with Gasteiger partial charge in [0.2, 0.25) is 0 Å². The van der Waals surface area contributed by atoms with Crippen LogP contribution in [0.2, 0.25) is 0 Å². The van der Waals surface area contributed by atoms with Crippen LogP contribution in [-0.2, 0) is 6.42 Å². The number of aromatic nitrogens is 4. The second-order valence-corrected chi connectivity index (χ2v) is 4.43. The van der Waals surface area contributed by atoms with Crippen molar-refractivity contribution in [3.05, 3.63) is 42.2 Å². The summed E-state index contributed by atoms with van der Waals surface area (Å²) in [5, 5.41) is 4.50. The Hall–Kier alpha value is -1.79. The van der Waals surface area contributed by atoms with Gasteiger partial charge in [0, 0.05) is 31.1 Å². The smallest absolute Gasteiger partial charge is 0.0773 e. The van der Waals surface area contributed by atoms with Crippen LogP contribution >= 0.6 is 0 Å². The average molecular weight is 246 g/mol. The summed E-state index contributed by atoms with van der Waals surface area (Å²) >= 11 is 0. The van der Waals surface area contributed by atoms with Crippen molar-refractivity contribution in [2.75, 3.05) is 0 Å². The van der Waals surface area contributed by atoms with E-state index in [0.29, 0.717) is 12.5 Å². The summed E-state index contributed by atoms with van der Waals surface area (Å²) in [7, 11) is 0. The molecule has 0 bridgehead atoms.